The lowest BCUT2D eigenvalue weighted by Gasteiger charge is -2.19. The van der Waals surface area contributed by atoms with Gasteiger partial charge in [-0.25, -0.2) is 0 Å². The van der Waals surface area contributed by atoms with E-state index >= 15 is 0 Å². The molecule has 0 fully saturated rings. The third kappa shape index (κ3) is 4.96. The highest BCUT2D eigenvalue weighted by Crippen LogP contribution is 2.27. The first-order chi connectivity index (χ1) is 12.9. The first-order valence-corrected chi connectivity index (χ1v) is 8.80. The van der Waals surface area contributed by atoms with Crippen molar-refractivity contribution >= 4 is 5.96 Å². The van der Waals surface area contributed by atoms with E-state index in [2.05, 4.69) is 81.4 Å². The Morgan fingerprint density at radius 1 is 0.962 bits per heavy atom. The van der Waals surface area contributed by atoms with Crippen LogP contribution < -0.4 is 10.6 Å². The first-order valence-electron chi connectivity index (χ1n) is 8.80. The molecule has 2 N–H and O–H groups in total. The van der Waals surface area contributed by atoms with Crippen LogP contribution in [0.1, 0.15) is 29.2 Å². The van der Waals surface area contributed by atoms with Gasteiger partial charge in [-0.05, 0) is 17.5 Å². The molecule has 0 aliphatic heterocycles. The molecule has 0 unspecified atom stereocenters. The number of hydrogen-bond donors (Lipinski definition) is 2. The van der Waals surface area contributed by atoms with Gasteiger partial charge in [-0.3, -0.25) is 4.99 Å². The molecule has 5 heteroatoms. The van der Waals surface area contributed by atoms with Gasteiger partial charge >= 0.3 is 0 Å². The molecule has 0 amide bonds. The van der Waals surface area contributed by atoms with E-state index in [4.69, 9.17) is 4.52 Å². The van der Waals surface area contributed by atoms with Crippen LogP contribution in [0.3, 0.4) is 0 Å². The normalized spacial score (nSPS) is 11.5. The third-order valence-corrected chi connectivity index (χ3v) is 4.28. The summed E-state index contributed by atoms with van der Waals surface area (Å²) in [6.07, 6.45) is 2.54. The summed E-state index contributed by atoms with van der Waals surface area (Å²) in [4.78, 5) is 4.27. The zero-order valence-electron chi connectivity index (χ0n) is 14.9. The molecule has 134 valence electrons. The van der Waals surface area contributed by atoms with Crippen molar-refractivity contribution in [2.45, 2.75) is 18.9 Å². The van der Waals surface area contributed by atoms with E-state index in [1.165, 1.54) is 11.1 Å². The number of rotatable bonds is 7. The Morgan fingerprint density at radius 3 is 2.15 bits per heavy atom. The number of benzene rings is 2. The minimum absolute atomic E-state index is 0.346. The van der Waals surface area contributed by atoms with Crippen LogP contribution in [0.25, 0.3) is 0 Å². The highest BCUT2D eigenvalue weighted by Gasteiger charge is 2.13. The maximum absolute atomic E-state index is 4.84. The molecule has 3 aromatic rings. The Balaban J connectivity index is 1.59. The lowest BCUT2D eigenvalue weighted by atomic mass is 9.88. The summed E-state index contributed by atoms with van der Waals surface area (Å²) >= 11 is 0. The molecule has 0 aliphatic rings. The summed E-state index contributed by atoms with van der Waals surface area (Å²) < 4.78 is 4.84. The van der Waals surface area contributed by atoms with Crippen LogP contribution in [-0.4, -0.2) is 24.7 Å². The SMILES string of the molecule is CN=C(NCCC(c1ccccc1)c1ccccc1)NCc1ccon1. The van der Waals surface area contributed by atoms with Crippen molar-refractivity contribution in [1.82, 2.24) is 15.8 Å². The van der Waals surface area contributed by atoms with Gasteiger partial charge in [0.15, 0.2) is 5.96 Å². The number of aromatic nitrogens is 1. The summed E-state index contributed by atoms with van der Waals surface area (Å²) in [5.74, 6) is 1.10. The Kier molecular flexibility index (Phi) is 6.42. The van der Waals surface area contributed by atoms with Crippen molar-refractivity contribution < 1.29 is 4.52 Å². The lowest BCUT2D eigenvalue weighted by molar-refractivity contribution is 0.410. The molecule has 3 rings (SSSR count). The zero-order valence-corrected chi connectivity index (χ0v) is 14.9. The fraction of sp³-hybridized carbons (Fsp3) is 0.238. The standard InChI is InChI=1S/C21H24N4O/c1-22-21(24-16-19-13-15-26-25-19)23-14-12-20(17-8-4-2-5-9-17)18-10-6-3-7-11-18/h2-11,13,15,20H,12,14,16H2,1H3,(H2,22,23,24). The molecule has 0 bridgehead atoms. The summed E-state index contributed by atoms with van der Waals surface area (Å²) in [6.45, 7) is 1.39. The van der Waals surface area contributed by atoms with E-state index in [-0.39, 0.29) is 0 Å². The number of nitrogens with zero attached hydrogens (tertiary/aromatic N) is 2. The lowest BCUT2D eigenvalue weighted by Crippen LogP contribution is -2.37. The van der Waals surface area contributed by atoms with Crippen molar-refractivity contribution in [3.63, 3.8) is 0 Å². The summed E-state index contributed by atoms with van der Waals surface area (Å²) in [6, 6.07) is 23.1. The highest BCUT2D eigenvalue weighted by molar-refractivity contribution is 5.79. The average molecular weight is 348 g/mol. The van der Waals surface area contributed by atoms with Crippen LogP contribution in [0.2, 0.25) is 0 Å². The summed E-state index contributed by atoms with van der Waals surface area (Å²) in [5.41, 5.74) is 3.50. The predicted molar refractivity (Wildman–Crippen MR) is 104 cm³/mol. The van der Waals surface area contributed by atoms with E-state index in [9.17, 15) is 0 Å². The number of hydrogen-bond acceptors (Lipinski definition) is 3. The van der Waals surface area contributed by atoms with E-state index in [1.807, 2.05) is 6.07 Å². The average Bonchev–Trinajstić information content (AvgIpc) is 3.22. The van der Waals surface area contributed by atoms with E-state index in [0.717, 1.165) is 24.6 Å². The predicted octanol–water partition coefficient (Wildman–Crippen LogP) is 3.56. The van der Waals surface area contributed by atoms with Gasteiger partial charge in [0.1, 0.15) is 12.0 Å². The first kappa shape index (κ1) is 17.7. The van der Waals surface area contributed by atoms with E-state index in [1.54, 1.807) is 13.3 Å². The maximum atomic E-state index is 4.84. The van der Waals surface area contributed by atoms with E-state index < -0.39 is 0 Å². The van der Waals surface area contributed by atoms with Gasteiger partial charge in [-0.15, -0.1) is 0 Å². The molecule has 26 heavy (non-hydrogen) atoms. The van der Waals surface area contributed by atoms with Crippen LogP contribution in [0.4, 0.5) is 0 Å². The second-order valence-electron chi connectivity index (χ2n) is 6.01. The molecule has 0 atom stereocenters. The van der Waals surface area contributed by atoms with Gasteiger partial charge in [-0.1, -0.05) is 65.8 Å². The van der Waals surface area contributed by atoms with Gasteiger partial charge in [0.25, 0.3) is 0 Å². The Morgan fingerprint density at radius 2 is 1.62 bits per heavy atom. The molecule has 0 saturated heterocycles. The summed E-state index contributed by atoms with van der Waals surface area (Å²) in [7, 11) is 1.77. The molecular weight excluding hydrogens is 324 g/mol. The van der Waals surface area contributed by atoms with Crippen LogP contribution in [0.15, 0.2) is 82.5 Å². The number of nitrogens with one attached hydrogen (secondary N) is 2. The Hall–Kier alpha value is -3.08. The Bertz CT molecular complexity index is 746. The number of guanidine groups is 1. The molecular formula is C21H24N4O. The maximum Gasteiger partial charge on any atom is 0.191 e. The largest absolute Gasteiger partial charge is 0.364 e. The van der Waals surface area contributed by atoms with Crippen LogP contribution in [0, 0.1) is 0 Å². The second kappa shape index (κ2) is 9.42. The van der Waals surface area contributed by atoms with Crippen LogP contribution in [-0.2, 0) is 6.54 Å². The second-order valence-corrected chi connectivity index (χ2v) is 6.01. The van der Waals surface area contributed by atoms with Crippen molar-refractivity contribution in [2.75, 3.05) is 13.6 Å². The van der Waals surface area contributed by atoms with Gasteiger partial charge < -0.3 is 15.2 Å². The monoisotopic (exact) mass is 348 g/mol. The smallest absolute Gasteiger partial charge is 0.191 e. The molecule has 0 radical (unpaired) electrons. The minimum atomic E-state index is 0.346. The molecule has 0 saturated carbocycles. The fourth-order valence-electron chi connectivity index (χ4n) is 2.96. The molecule has 1 aromatic heterocycles. The topological polar surface area (TPSA) is 62.5 Å². The third-order valence-electron chi connectivity index (χ3n) is 4.28. The minimum Gasteiger partial charge on any atom is -0.364 e. The molecule has 1 heterocycles. The molecule has 2 aromatic carbocycles. The van der Waals surface area contributed by atoms with Crippen LogP contribution in [0.5, 0.6) is 0 Å². The van der Waals surface area contributed by atoms with Gasteiger partial charge in [0.05, 0.1) is 6.54 Å². The van der Waals surface area contributed by atoms with Crippen molar-refractivity contribution in [1.29, 1.82) is 0 Å². The van der Waals surface area contributed by atoms with Crippen molar-refractivity contribution in [2.24, 2.45) is 4.99 Å². The van der Waals surface area contributed by atoms with Gasteiger partial charge in [0, 0.05) is 25.6 Å². The molecule has 0 aliphatic carbocycles. The summed E-state index contributed by atoms with van der Waals surface area (Å²) in [5, 5.41) is 10.5. The van der Waals surface area contributed by atoms with Crippen LogP contribution >= 0.6 is 0 Å². The van der Waals surface area contributed by atoms with Gasteiger partial charge in [0.2, 0.25) is 0 Å². The zero-order chi connectivity index (χ0) is 18.0. The quantitative estimate of drug-likeness (QED) is 0.506. The van der Waals surface area contributed by atoms with Gasteiger partial charge in [-0.2, -0.15) is 0 Å². The van der Waals surface area contributed by atoms with Crippen molar-refractivity contribution in [3.05, 3.63) is 89.8 Å². The molecule has 5 nitrogen and oxygen atoms in total. The van der Waals surface area contributed by atoms with Crippen molar-refractivity contribution in [3.8, 4) is 0 Å². The number of aliphatic imine (C=N–C) groups is 1. The Labute approximate surface area is 154 Å². The fourth-order valence-corrected chi connectivity index (χ4v) is 2.96. The van der Waals surface area contributed by atoms with E-state index in [0.29, 0.717) is 12.5 Å². The highest BCUT2D eigenvalue weighted by atomic mass is 16.5. The molecule has 0 spiro atoms.